The highest BCUT2D eigenvalue weighted by Crippen LogP contribution is 2.29. The van der Waals surface area contributed by atoms with Crippen LogP contribution >= 0.6 is 15.9 Å². The lowest BCUT2D eigenvalue weighted by Gasteiger charge is -2.01. The van der Waals surface area contributed by atoms with Crippen molar-refractivity contribution in [3.05, 3.63) is 46.4 Å². The number of nitrogens with one attached hydrogen (secondary N) is 1. The summed E-state index contributed by atoms with van der Waals surface area (Å²) in [5.74, 6) is 0.850. The number of hydrogen-bond donors (Lipinski definition) is 2. The Balaban J connectivity index is 2.19. The SMILES string of the molecule is Cc1ccc(-c2nc3ccc(N)cc3[nH]2)c(Br)c1. The number of aromatic amines is 1. The van der Waals surface area contributed by atoms with E-state index < -0.39 is 0 Å². The van der Waals surface area contributed by atoms with Crippen molar-refractivity contribution >= 4 is 32.7 Å². The van der Waals surface area contributed by atoms with Crippen LogP contribution < -0.4 is 5.73 Å². The number of halogens is 1. The predicted octanol–water partition coefficient (Wildman–Crippen LogP) is 3.88. The van der Waals surface area contributed by atoms with Gasteiger partial charge in [-0.05, 0) is 42.8 Å². The van der Waals surface area contributed by atoms with Crippen LogP contribution in [0.5, 0.6) is 0 Å². The monoisotopic (exact) mass is 301 g/mol. The van der Waals surface area contributed by atoms with Crippen LogP contribution in [-0.2, 0) is 0 Å². The van der Waals surface area contributed by atoms with E-state index in [1.165, 1.54) is 5.56 Å². The fourth-order valence-electron chi connectivity index (χ4n) is 1.97. The second-order valence-corrected chi connectivity index (χ2v) is 5.20. The minimum absolute atomic E-state index is 0.737. The van der Waals surface area contributed by atoms with Crippen molar-refractivity contribution in [3.8, 4) is 11.4 Å². The molecular formula is C14H12BrN3. The molecule has 0 spiro atoms. The van der Waals surface area contributed by atoms with Crippen LogP contribution in [0.1, 0.15) is 5.56 Å². The maximum atomic E-state index is 5.76. The molecule has 0 saturated carbocycles. The number of hydrogen-bond acceptors (Lipinski definition) is 2. The number of fused-ring (bicyclic) bond motifs is 1. The summed E-state index contributed by atoms with van der Waals surface area (Å²) in [4.78, 5) is 7.87. The average molecular weight is 302 g/mol. The topological polar surface area (TPSA) is 54.7 Å². The molecule has 2 aromatic carbocycles. The van der Waals surface area contributed by atoms with Crippen LogP contribution in [0, 0.1) is 6.92 Å². The van der Waals surface area contributed by atoms with Gasteiger partial charge in [-0.15, -0.1) is 0 Å². The zero-order chi connectivity index (χ0) is 12.7. The molecule has 0 fully saturated rings. The van der Waals surface area contributed by atoms with E-state index in [9.17, 15) is 0 Å². The normalized spacial score (nSPS) is 11.0. The third-order valence-electron chi connectivity index (χ3n) is 2.89. The molecule has 0 bridgehead atoms. The van der Waals surface area contributed by atoms with E-state index in [-0.39, 0.29) is 0 Å². The standard InChI is InChI=1S/C14H12BrN3/c1-8-2-4-10(11(15)6-8)14-17-12-5-3-9(16)7-13(12)18-14/h2-7H,16H2,1H3,(H,17,18). The number of nitrogens with zero attached hydrogens (tertiary/aromatic N) is 1. The van der Waals surface area contributed by atoms with Gasteiger partial charge in [0.2, 0.25) is 0 Å². The van der Waals surface area contributed by atoms with Crippen LogP contribution in [0.25, 0.3) is 22.4 Å². The van der Waals surface area contributed by atoms with E-state index in [1.807, 2.05) is 18.2 Å². The van der Waals surface area contributed by atoms with Gasteiger partial charge >= 0.3 is 0 Å². The minimum atomic E-state index is 0.737. The van der Waals surface area contributed by atoms with Gasteiger partial charge in [0.05, 0.1) is 11.0 Å². The van der Waals surface area contributed by atoms with Crippen LogP contribution in [0.3, 0.4) is 0 Å². The average Bonchev–Trinajstić information content (AvgIpc) is 2.71. The highest BCUT2D eigenvalue weighted by molar-refractivity contribution is 9.10. The smallest absolute Gasteiger partial charge is 0.139 e. The summed E-state index contributed by atoms with van der Waals surface area (Å²) in [6.45, 7) is 2.06. The lowest BCUT2D eigenvalue weighted by Crippen LogP contribution is -1.83. The molecule has 0 atom stereocenters. The second kappa shape index (κ2) is 4.14. The molecule has 0 aliphatic rings. The van der Waals surface area contributed by atoms with Crippen molar-refractivity contribution in [2.45, 2.75) is 6.92 Å². The maximum absolute atomic E-state index is 5.76. The van der Waals surface area contributed by atoms with E-state index in [2.05, 4.69) is 51.0 Å². The molecule has 3 N–H and O–H groups in total. The van der Waals surface area contributed by atoms with Crippen LogP contribution in [0.4, 0.5) is 5.69 Å². The fraction of sp³-hybridized carbons (Fsp3) is 0.0714. The molecular weight excluding hydrogens is 290 g/mol. The first kappa shape index (κ1) is 11.3. The van der Waals surface area contributed by atoms with Gasteiger partial charge < -0.3 is 10.7 Å². The Morgan fingerprint density at radius 1 is 1.17 bits per heavy atom. The maximum Gasteiger partial charge on any atom is 0.139 e. The number of benzene rings is 2. The molecule has 4 heteroatoms. The van der Waals surface area contributed by atoms with Crippen molar-refractivity contribution in [2.75, 3.05) is 5.73 Å². The van der Waals surface area contributed by atoms with Gasteiger partial charge in [0.15, 0.2) is 0 Å². The van der Waals surface area contributed by atoms with Gasteiger partial charge in [0.1, 0.15) is 5.82 Å². The highest BCUT2D eigenvalue weighted by Gasteiger charge is 2.08. The molecule has 0 saturated heterocycles. The number of imidazole rings is 1. The zero-order valence-corrected chi connectivity index (χ0v) is 11.5. The van der Waals surface area contributed by atoms with Crippen molar-refractivity contribution in [1.82, 2.24) is 9.97 Å². The Labute approximate surface area is 113 Å². The molecule has 1 heterocycles. The van der Waals surface area contributed by atoms with Crippen molar-refractivity contribution in [2.24, 2.45) is 0 Å². The number of nitrogens with two attached hydrogens (primary N) is 1. The van der Waals surface area contributed by atoms with Crippen molar-refractivity contribution in [3.63, 3.8) is 0 Å². The van der Waals surface area contributed by atoms with Gasteiger partial charge in [-0.3, -0.25) is 0 Å². The summed E-state index contributed by atoms with van der Waals surface area (Å²) in [6, 6.07) is 11.9. The number of anilines is 1. The Bertz CT molecular complexity index is 731. The highest BCUT2D eigenvalue weighted by atomic mass is 79.9. The van der Waals surface area contributed by atoms with E-state index in [0.717, 1.165) is 32.6 Å². The third kappa shape index (κ3) is 1.88. The molecule has 90 valence electrons. The van der Waals surface area contributed by atoms with Gasteiger partial charge in [0, 0.05) is 15.7 Å². The quantitative estimate of drug-likeness (QED) is 0.670. The number of nitrogen functional groups attached to an aromatic ring is 1. The predicted molar refractivity (Wildman–Crippen MR) is 78.4 cm³/mol. The summed E-state index contributed by atoms with van der Waals surface area (Å²) >= 11 is 3.57. The first-order valence-corrected chi connectivity index (χ1v) is 6.44. The van der Waals surface area contributed by atoms with Crippen molar-refractivity contribution in [1.29, 1.82) is 0 Å². The summed E-state index contributed by atoms with van der Waals surface area (Å²) in [5, 5.41) is 0. The Morgan fingerprint density at radius 3 is 2.78 bits per heavy atom. The largest absolute Gasteiger partial charge is 0.399 e. The van der Waals surface area contributed by atoms with Gasteiger partial charge in [-0.25, -0.2) is 4.98 Å². The van der Waals surface area contributed by atoms with Gasteiger partial charge in [-0.1, -0.05) is 22.0 Å². The zero-order valence-electron chi connectivity index (χ0n) is 9.87. The van der Waals surface area contributed by atoms with Crippen LogP contribution in [-0.4, -0.2) is 9.97 Å². The number of aromatic nitrogens is 2. The molecule has 3 aromatic rings. The molecule has 3 rings (SSSR count). The van der Waals surface area contributed by atoms with E-state index in [1.54, 1.807) is 0 Å². The number of aryl methyl sites for hydroxylation is 1. The molecule has 18 heavy (non-hydrogen) atoms. The lowest BCUT2D eigenvalue weighted by molar-refractivity contribution is 1.32. The lowest BCUT2D eigenvalue weighted by atomic mass is 10.1. The third-order valence-corrected chi connectivity index (χ3v) is 3.54. The summed E-state index contributed by atoms with van der Waals surface area (Å²) in [7, 11) is 0. The van der Waals surface area contributed by atoms with Gasteiger partial charge in [-0.2, -0.15) is 0 Å². The fourth-order valence-corrected chi connectivity index (χ4v) is 2.65. The first-order valence-electron chi connectivity index (χ1n) is 5.65. The van der Waals surface area contributed by atoms with Crippen LogP contribution in [0.2, 0.25) is 0 Å². The summed E-state index contributed by atoms with van der Waals surface area (Å²) < 4.78 is 1.04. The Kier molecular flexibility index (Phi) is 2.59. The minimum Gasteiger partial charge on any atom is -0.399 e. The van der Waals surface area contributed by atoms with E-state index in [4.69, 9.17) is 5.73 Å². The van der Waals surface area contributed by atoms with Crippen LogP contribution in [0.15, 0.2) is 40.9 Å². The Morgan fingerprint density at radius 2 is 2.00 bits per heavy atom. The summed E-state index contributed by atoms with van der Waals surface area (Å²) in [6.07, 6.45) is 0. The van der Waals surface area contributed by atoms with E-state index >= 15 is 0 Å². The molecule has 0 radical (unpaired) electrons. The molecule has 1 aromatic heterocycles. The van der Waals surface area contributed by atoms with Crippen molar-refractivity contribution < 1.29 is 0 Å². The molecule has 0 amide bonds. The molecule has 3 nitrogen and oxygen atoms in total. The molecule has 0 aliphatic carbocycles. The molecule has 0 aliphatic heterocycles. The molecule has 0 unspecified atom stereocenters. The Hall–Kier alpha value is -1.81. The van der Waals surface area contributed by atoms with E-state index in [0.29, 0.717) is 0 Å². The summed E-state index contributed by atoms with van der Waals surface area (Å²) in [5.41, 5.74) is 10.6. The number of rotatable bonds is 1. The van der Waals surface area contributed by atoms with Gasteiger partial charge in [0.25, 0.3) is 0 Å². The first-order chi connectivity index (χ1) is 8.63. The second-order valence-electron chi connectivity index (χ2n) is 4.35. The number of H-pyrrole nitrogens is 1.